The standard InChI is InChI=1S/C12H13BrN2O2/c1-2-3-6-15-12(16)9(8-14)7-10-4-5-11(13)17-10/h4-5,7H,2-3,6H2,1H3,(H,15,16)/b9-7-. The van der Waals surface area contributed by atoms with E-state index >= 15 is 0 Å². The molecule has 0 aliphatic heterocycles. The minimum Gasteiger partial charge on any atom is -0.450 e. The number of unbranched alkanes of at least 4 members (excludes halogenated alkanes) is 1. The third-order valence-corrected chi connectivity index (χ3v) is 2.49. The molecule has 0 spiro atoms. The summed E-state index contributed by atoms with van der Waals surface area (Å²) in [5.41, 5.74) is 0.0444. The maximum Gasteiger partial charge on any atom is 0.262 e. The quantitative estimate of drug-likeness (QED) is 0.516. The van der Waals surface area contributed by atoms with Crippen LogP contribution in [0.1, 0.15) is 25.5 Å². The first-order chi connectivity index (χ1) is 8.17. The summed E-state index contributed by atoms with van der Waals surface area (Å²) < 4.78 is 5.76. The molecule has 1 amide bonds. The highest BCUT2D eigenvalue weighted by Gasteiger charge is 2.09. The molecule has 0 bridgehead atoms. The number of halogens is 1. The van der Waals surface area contributed by atoms with Gasteiger partial charge in [-0.1, -0.05) is 13.3 Å². The smallest absolute Gasteiger partial charge is 0.262 e. The largest absolute Gasteiger partial charge is 0.450 e. The van der Waals surface area contributed by atoms with E-state index in [9.17, 15) is 4.79 Å². The second-order valence-electron chi connectivity index (χ2n) is 3.42. The second kappa shape index (κ2) is 6.92. The molecule has 0 saturated heterocycles. The molecule has 0 fully saturated rings. The van der Waals surface area contributed by atoms with Crippen LogP contribution in [-0.2, 0) is 4.79 Å². The fraction of sp³-hybridized carbons (Fsp3) is 0.333. The lowest BCUT2D eigenvalue weighted by Gasteiger charge is -2.01. The number of nitriles is 1. The van der Waals surface area contributed by atoms with E-state index < -0.39 is 0 Å². The average molecular weight is 297 g/mol. The molecule has 0 aliphatic carbocycles. The van der Waals surface area contributed by atoms with Crippen molar-refractivity contribution in [1.29, 1.82) is 5.26 Å². The average Bonchev–Trinajstić information content (AvgIpc) is 2.72. The Bertz CT molecular complexity index is 457. The van der Waals surface area contributed by atoms with Crippen molar-refractivity contribution in [2.45, 2.75) is 19.8 Å². The third kappa shape index (κ3) is 4.45. The molecule has 4 nitrogen and oxygen atoms in total. The van der Waals surface area contributed by atoms with Crippen molar-refractivity contribution >= 4 is 27.9 Å². The number of hydrogen-bond acceptors (Lipinski definition) is 3. The zero-order valence-electron chi connectivity index (χ0n) is 9.50. The Morgan fingerprint density at radius 2 is 2.41 bits per heavy atom. The van der Waals surface area contributed by atoms with Gasteiger partial charge in [-0.25, -0.2) is 0 Å². The fourth-order valence-corrected chi connectivity index (χ4v) is 1.49. The number of nitrogens with zero attached hydrogens (tertiary/aromatic N) is 1. The first kappa shape index (κ1) is 13.5. The Labute approximate surface area is 108 Å². The molecule has 0 radical (unpaired) electrons. The lowest BCUT2D eigenvalue weighted by atomic mass is 10.2. The molecule has 0 aliphatic rings. The van der Waals surface area contributed by atoms with Crippen LogP contribution in [0, 0.1) is 11.3 Å². The lowest BCUT2D eigenvalue weighted by molar-refractivity contribution is -0.117. The molecular weight excluding hydrogens is 284 g/mol. The number of nitrogens with one attached hydrogen (secondary N) is 1. The summed E-state index contributed by atoms with van der Waals surface area (Å²) in [5.74, 6) is 0.104. The van der Waals surface area contributed by atoms with E-state index in [0.717, 1.165) is 12.8 Å². The molecule has 17 heavy (non-hydrogen) atoms. The van der Waals surface area contributed by atoms with Crippen LogP contribution in [-0.4, -0.2) is 12.5 Å². The van der Waals surface area contributed by atoms with Gasteiger partial charge in [-0.2, -0.15) is 5.26 Å². The fourth-order valence-electron chi connectivity index (χ4n) is 1.17. The van der Waals surface area contributed by atoms with E-state index in [1.165, 1.54) is 6.08 Å². The minimum absolute atomic E-state index is 0.0444. The first-order valence-corrected chi connectivity index (χ1v) is 6.12. The summed E-state index contributed by atoms with van der Waals surface area (Å²) in [7, 11) is 0. The second-order valence-corrected chi connectivity index (χ2v) is 4.20. The van der Waals surface area contributed by atoms with Crippen LogP contribution in [0.3, 0.4) is 0 Å². The van der Waals surface area contributed by atoms with Crippen LogP contribution in [0.25, 0.3) is 6.08 Å². The van der Waals surface area contributed by atoms with Gasteiger partial charge < -0.3 is 9.73 Å². The van der Waals surface area contributed by atoms with Gasteiger partial charge in [0.1, 0.15) is 17.4 Å². The number of amides is 1. The van der Waals surface area contributed by atoms with Crippen molar-refractivity contribution in [3.63, 3.8) is 0 Å². The Hall–Kier alpha value is -1.54. The topological polar surface area (TPSA) is 66.0 Å². The summed E-state index contributed by atoms with van der Waals surface area (Å²) in [6.07, 6.45) is 3.32. The highest BCUT2D eigenvalue weighted by atomic mass is 79.9. The van der Waals surface area contributed by atoms with Crippen molar-refractivity contribution in [3.8, 4) is 6.07 Å². The van der Waals surface area contributed by atoms with E-state index in [4.69, 9.17) is 9.68 Å². The minimum atomic E-state index is -0.367. The molecule has 0 unspecified atom stereocenters. The van der Waals surface area contributed by atoms with Gasteiger partial charge in [0.25, 0.3) is 5.91 Å². The van der Waals surface area contributed by atoms with Crippen LogP contribution in [0.15, 0.2) is 26.8 Å². The Balaban J connectivity index is 2.68. The van der Waals surface area contributed by atoms with Gasteiger partial charge in [0, 0.05) is 12.6 Å². The molecule has 0 aromatic carbocycles. The maximum atomic E-state index is 11.6. The van der Waals surface area contributed by atoms with Gasteiger partial charge in [0.15, 0.2) is 4.67 Å². The van der Waals surface area contributed by atoms with Gasteiger partial charge in [-0.05, 0) is 34.5 Å². The predicted molar refractivity (Wildman–Crippen MR) is 67.9 cm³/mol. The van der Waals surface area contributed by atoms with E-state index in [-0.39, 0.29) is 11.5 Å². The van der Waals surface area contributed by atoms with Crippen LogP contribution in [0.5, 0.6) is 0 Å². The highest BCUT2D eigenvalue weighted by molar-refractivity contribution is 9.10. The molecule has 1 aromatic rings. The van der Waals surface area contributed by atoms with Crippen molar-refractivity contribution in [2.75, 3.05) is 6.54 Å². The van der Waals surface area contributed by atoms with Crippen LogP contribution in [0.4, 0.5) is 0 Å². The van der Waals surface area contributed by atoms with Crippen LogP contribution < -0.4 is 5.32 Å². The number of carbonyl (C=O) groups excluding carboxylic acids is 1. The number of rotatable bonds is 5. The van der Waals surface area contributed by atoms with Gasteiger partial charge in [0.05, 0.1) is 0 Å². The number of hydrogen-bond donors (Lipinski definition) is 1. The zero-order chi connectivity index (χ0) is 12.7. The van der Waals surface area contributed by atoms with Crippen molar-refractivity contribution in [2.24, 2.45) is 0 Å². The summed E-state index contributed by atoms with van der Waals surface area (Å²) >= 11 is 3.15. The molecule has 0 atom stereocenters. The molecular formula is C12H13BrN2O2. The summed E-state index contributed by atoms with van der Waals surface area (Å²) in [4.78, 5) is 11.6. The first-order valence-electron chi connectivity index (χ1n) is 5.32. The van der Waals surface area contributed by atoms with Crippen LogP contribution >= 0.6 is 15.9 Å². The molecule has 0 saturated carbocycles. The molecule has 90 valence electrons. The number of furan rings is 1. The zero-order valence-corrected chi connectivity index (χ0v) is 11.1. The van der Waals surface area contributed by atoms with Gasteiger partial charge >= 0.3 is 0 Å². The monoisotopic (exact) mass is 296 g/mol. The Kier molecular flexibility index (Phi) is 5.50. The van der Waals surface area contributed by atoms with E-state index in [2.05, 4.69) is 21.2 Å². The van der Waals surface area contributed by atoms with Crippen LogP contribution in [0.2, 0.25) is 0 Å². The van der Waals surface area contributed by atoms with E-state index in [1.54, 1.807) is 12.1 Å². The van der Waals surface area contributed by atoms with E-state index in [0.29, 0.717) is 17.0 Å². The SMILES string of the molecule is CCCCNC(=O)/C(C#N)=C\c1ccc(Br)o1. The summed E-state index contributed by atoms with van der Waals surface area (Å²) in [6.45, 7) is 2.61. The van der Waals surface area contributed by atoms with Crippen molar-refractivity contribution in [1.82, 2.24) is 5.32 Å². The van der Waals surface area contributed by atoms with Crippen molar-refractivity contribution < 1.29 is 9.21 Å². The molecule has 5 heteroatoms. The Morgan fingerprint density at radius 1 is 1.65 bits per heavy atom. The third-order valence-electron chi connectivity index (χ3n) is 2.06. The molecule has 1 N–H and O–H groups in total. The Morgan fingerprint density at radius 3 is 2.94 bits per heavy atom. The molecule has 1 heterocycles. The molecule has 1 aromatic heterocycles. The van der Waals surface area contributed by atoms with Gasteiger partial charge in [-0.15, -0.1) is 0 Å². The maximum absolute atomic E-state index is 11.6. The highest BCUT2D eigenvalue weighted by Crippen LogP contribution is 2.16. The van der Waals surface area contributed by atoms with E-state index in [1.807, 2.05) is 13.0 Å². The lowest BCUT2D eigenvalue weighted by Crippen LogP contribution is -2.25. The number of carbonyl (C=O) groups is 1. The van der Waals surface area contributed by atoms with Gasteiger partial charge in [-0.3, -0.25) is 4.79 Å². The summed E-state index contributed by atoms with van der Waals surface area (Å²) in [6, 6.07) is 5.25. The molecule has 1 rings (SSSR count). The summed E-state index contributed by atoms with van der Waals surface area (Å²) in [5, 5.41) is 11.6. The van der Waals surface area contributed by atoms with Crippen molar-refractivity contribution in [3.05, 3.63) is 28.1 Å². The van der Waals surface area contributed by atoms with Gasteiger partial charge in [0.2, 0.25) is 0 Å². The normalized spacial score (nSPS) is 11.0. The predicted octanol–water partition coefficient (Wildman–Crippen LogP) is 2.87.